The fourth-order valence-corrected chi connectivity index (χ4v) is 5.02. The van der Waals surface area contributed by atoms with Crippen LogP contribution in [0.2, 0.25) is 0 Å². The van der Waals surface area contributed by atoms with E-state index in [-0.39, 0.29) is 30.5 Å². The Morgan fingerprint density at radius 2 is 2.00 bits per heavy atom. The van der Waals surface area contributed by atoms with Gasteiger partial charge in [0.15, 0.2) is 0 Å². The van der Waals surface area contributed by atoms with Crippen molar-refractivity contribution in [2.45, 2.75) is 56.7 Å². The van der Waals surface area contributed by atoms with Crippen LogP contribution in [-0.4, -0.2) is 61.1 Å². The van der Waals surface area contributed by atoms with Crippen molar-refractivity contribution in [2.24, 2.45) is 0 Å². The Labute approximate surface area is 173 Å². The van der Waals surface area contributed by atoms with Crippen LogP contribution in [0.4, 0.5) is 0 Å². The molecule has 0 N–H and O–H groups in total. The fraction of sp³-hybridized carbons (Fsp3) is 0.591. The van der Waals surface area contributed by atoms with E-state index in [1.54, 1.807) is 13.4 Å². The number of furan rings is 1. The maximum atomic E-state index is 13.2. The number of fused-ring (bicyclic) bond motifs is 1. The third kappa shape index (κ3) is 4.07. The van der Waals surface area contributed by atoms with Gasteiger partial charge in [-0.2, -0.15) is 0 Å². The van der Waals surface area contributed by atoms with E-state index in [0.29, 0.717) is 12.5 Å². The minimum atomic E-state index is 0. The summed E-state index contributed by atoms with van der Waals surface area (Å²) in [6.07, 6.45) is 8.08. The standard InChI is InChI=1S/C22H30N2O3.ClH/c1-23(21(25)15-16-7-5-9-19-17(16)11-14-27-19)22-18(24-12-3-4-13-24)8-6-10-20(22)26-2;/h5,7,9,11,14,18,20,22H,3-4,6,8,10,12-13,15H2,1-2H3;1H/t18-,20-,22+;/m1./s1. The summed E-state index contributed by atoms with van der Waals surface area (Å²) in [6, 6.07) is 8.40. The van der Waals surface area contributed by atoms with Crippen molar-refractivity contribution in [2.75, 3.05) is 27.2 Å². The number of likely N-dealkylation sites (N-methyl/N-ethyl adjacent to an activating group) is 1. The molecule has 2 aromatic rings. The maximum Gasteiger partial charge on any atom is 0.227 e. The van der Waals surface area contributed by atoms with Crippen molar-refractivity contribution >= 4 is 29.3 Å². The van der Waals surface area contributed by atoms with Crippen molar-refractivity contribution in [1.82, 2.24) is 9.80 Å². The molecule has 1 aromatic heterocycles. The van der Waals surface area contributed by atoms with Crippen LogP contribution in [0.15, 0.2) is 34.9 Å². The van der Waals surface area contributed by atoms with E-state index in [9.17, 15) is 4.79 Å². The number of hydrogen-bond acceptors (Lipinski definition) is 4. The Hall–Kier alpha value is -1.56. The Morgan fingerprint density at radius 3 is 2.75 bits per heavy atom. The van der Waals surface area contributed by atoms with Gasteiger partial charge in [-0.15, -0.1) is 12.4 Å². The first-order valence-corrected chi connectivity index (χ1v) is 10.2. The van der Waals surface area contributed by atoms with Gasteiger partial charge in [0, 0.05) is 25.6 Å². The number of ether oxygens (including phenoxy) is 1. The number of rotatable bonds is 5. The smallest absolute Gasteiger partial charge is 0.227 e. The van der Waals surface area contributed by atoms with Crippen molar-refractivity contribution in [3.05, 3.63) is 36.1 Å². The van der Waals surface area contributed by atoms with Crippen LogP contribution in [-0.2, 0) is 16.0 Å². The molecule has 154 valence electrons. The lowest BCUT2D eigenvalue weighted by atomic mass is 9.85. The zero-order valence-electron chi connectivity index (χ0n) is 16.8. The molecule has 0 unspecified atom stereocenters. The van der Waals surface area contributed by atoms with Gasteiger partial charge in [-0.1, -0.05) is 12.1 Å². The van der Waals surface area contributed by atoms with Crippen LogP contribution in [0, 0.1) is 0 Å². The monoisotopic (exact) mass is 406 g/mol. The minimum Gasteiger partial charge on any atom is -0.464 e. The molecule has 1 aliphatic carbocycles. The van der Waals surface area contributed by atoms with Crippen LogP contribution in [0.1, 0.15) is 37.7 Å². The lowest BCUT2D eigenvalue weighted by molar-refractivity contribution is -0.138. The first kappa shape index (κ1) is 21.2. The van der Waals surface area contributed by atoms with E-state index < -0.39 is 0 Å². The van der Waals surface area contributed by atoms with Gasteiger partial charge in [0.05, 0.1) is 24.8 Å². The van der Waals surface area contributed by atoms with Gasteiger partial charge in [-0.25, -0.2) is 0 Å². The Balaban J connectivity index is 0.00000225. The summed E-state index contributed by atoms with van der Waals surface area (Å²) in [7, 11) is 3.75. The highest BCUT2D eigenvalue weighted by molar-refractivity contribution is 5.87. The molecule has 1 aromatic carbocycles. The molecule has 5 nitrogen and oxygen atoms in total. The molecule has 0 radical (unpaired) electrons. The predicted molar refractivity (Wildman–Crippen MR) is 113 cm³/mol. The number of benzene rings is 1. The molecular weight excluding hydrogens is 376 g/mol. The second-order valence-electron chi connectivity index (χ2n) is 7.94. The number of likely N-dealkylation sites (tertiary alicyclic amines) is 1. The van der Waals surface area contributed by atoms with Gasteiger partial charge in [0.1, 0.15) is 5.58 Å². The van der Waals surface area contributed by atoms with E-state index in [0.717, 1.165) is 42.5 Å². The van der Waals surface area contributed by atoms with Crippen LogP contribution in [0.3, 0.4) is 0 Å². The first-order chi connectivity index (χ1) is 13.2. The highest BCUT2D eigenvalue weighted by Crippen LogP contribution is 2.31. The van der Waals surface area contributed by atoms with Gasteiger partial charge in [-0.05, 0) is 62.9 Å². The van der Waals surface area contributed by atoms with Crippen molar-refractivity contribution in [1.29, 1.82) is 0 Å². The highest BCUT2D eigenvalue weighted by atomic mass is 35.5. The Morgan fingerprint density at radius 1 is 1.21 bits per heavy atom. The average Bonchev–Trinajstić information content (AvgIpc) is 3.38. The lowest BCUT2D eigenvalue weighted by Crippen LogP contribution is -2.59. The van der Waals surface area contributed by atoms with Crippen LogP contribution in [0.5, 0.6) is 0 Å². The molecule has 0 spiro atoms. The molecule has 4 rings (SSSR count). The summed E-state index contributed by atoms with van der Waals surface area (Å²) in [5.74, 6) is 0.154. The number of nitrogens with zero attached hydrogens (tertiary/aromatic N) is 2. The first-order valence-electron chi connectivity index (χ1n) is 10.2. The summed E-state index contributed by atoms with van der Waals surface area (Å²) in [6.45, 7) is 2.29. The Kier molecular flexibility index (Phi) is 7.02. The fourth-order valence-electron chi connectivity index (χ4n) is 5.02. The van der Waals surface area contributed by atoms with Gasteiger partial charge in [0.25, 0.3) is 0 Å². The zero-order chi connectivity index (χ0) is 18.8. The number of hydrogen-bond donors (Lipinski definition) is 0. The van der Waals surface area contributed by atoms with Gasteiger partial charge < -0.3 is 14.1 Å². The summed E-state index contributed by atoms with van der Waals surface area (Å²) in [5, 5.41) is 1.03. The molecule has 3 atom stereocenters. The van der Waals surface area contributed by atoms with E-state index in [2.05, 4.69) is 4.90 Å². The third-order valence-corrected chi connectivity index (χ3v) is 6.44. The predicted octanol–water partition coefficient (Wildman–Crippen LogP) is 3.89. The van der Waals surface area contributed by atoms with Crippen LogP contribution in [0.25, 0.3) is 11.0 Å². The normalized spacial score (nSPS) is 25.6. The van der Waals surface area contributed by atoms with Gasteiger partial charge in [-0.3, -0.25) is 9.69 Å². The summed E-state index contributed by atoms with van der Waals surface area (Å²) >= 11 is 0. The molecule has 1 aliphatic heterocycles. The molecule has 28 heavy (non-hydrogen) atoms. The molecule has 2 heterocycles. The van der Waals surface area contributed by atoms with E-state index in [1.165, 1.54) is 19.3 Å². The molecule has 2 aliphatic rings. The van der Waals surface area contributed by atoms with Crippen LogP contribution < -0.4 is 0 Å². The topological polar surface area (TPSA) is 45.9 Å². The quantitative estimate of drug-likeness (QED) is 0.755. The van der Waals surface area contributed by atoms with Gasteiger partial charge in [0.2, 0.25) is 5.91 Å². The van der Waals surface area contributed by atoms with Crippen LogP contribution >= 0.6 is 12.4 Å². The minimum absolute atomic E-state index is 0. The van der Waals surface area contributed by atoms with Crippen molar-refractivity contribution in [3.8, 4) is 0 Å². The number of carbonyl (C=O) groups excluding carboxylic acids is 1. The van der Waals surface area contributed by atoms with E-state index in [1.807, 2.05) is 36.2 Å². The molecule has 6 heteroatoms. The molecule has 0 bridgehead atoms. The number of amides is 1. The Bertz CT molecular complexity index is 787. The van der Waals surface area contributed by atoms with E-state index >= 15 is 0 Å². The largest absolute Gasteiger partial charge is 0.464 e. The second kappa shape index (κ2) is 9.29. The summed E-state index contributed by atoms with van der Waals surface area (Å²) < 4.78 is 11.3. The molecule has 1 saturated carbocycles. The summed E-state index contributed by atoms with van der Waals surface area (Å²) in [4.78, 5) is 17.8. The van der Waals surface area contributed by atoms with Gasteiger partial charge >= 0.3 is 0 Å². The number of halogens is 1. The SMILES string of the molecule is CO[C@@H]1CCC[C@@H](N2CCCC2)[C@@H]1N(C)C(=O)Cc1cccc2occc12.Cl. The van der Waals surface area contributed by atoms with Crippen molar-refractivity contribution < 1.29 is 13.9 Å². The summed E-state index contributed by atoms with van der Waals surface area (Å²) in [5.41, 5.74) is 1.87. The molecule has 1 saturated heterocycles. The second-order valence-corrected chi connectivity index (χ2v) is 7.94. The maximum absolute atomic E-state index is 13.2. The molecule has 1 amide bonds. The lowest BCUT2D eigenvalue weighted by Gasteiger charge is -2.46. The number of carbonyl (C=O) groups is 1. The molecule has 2 fully saturated rings. The van der Waals surface area contributed by atoms with Crippen molar-refractivity contribution in [3.63, 3.8) is 0 Å². The number of methoxy groups -OCH3 is 1. The van der Waals surface area contributed by atoms with E-state index in [4.69, 9.17) is 9.15 Å². The zero-order valence-corrected chi connectivity index (χ0v) is 17.6. The highest BCUT2D eigenvalue weighted by Gasteiger charge is 2.41. The third-order valence-electron chi connectivity index (χ3n) is 6.44. The molecular formula is C22H31ClN2O3. The average molecular weight is 407 g/mol.